The Morgan fingerprint density at radius 1 is 0.697 bits per heavy atom. The number of carbonyl (C=O) groups is 2. The van der Waals surface area contributed by atoms with Gasteiger partial charge >= 0.3 is 0 Å². The van der Waals surface area contributed by atoms with Gasteiger partial charge in [-0.2, -0.15) is 10.2 Å². The quantitative estimate of drug-likeness (QED) is 0.241. The molecule has 0 bridgehead atoms. The summed E-state index contributed by atoms with van der Waals surface area (Å²) in [4.78, 5) is 30.6. The van der Waals surface area contributed by atoms with Crippen molar-refractivity contribution in [3.63, 3.8) is 0 Å². The fourth-order valence-corrected chi connectivity index (χ4v) is 2.17. The number of nitrogens with one attached hydrogen (secondary N) is 2. The molecule has 0 fully saturated rings. The summed E-state index contributed by atoms with van der Waals surface area (Å²) in [7, 11) is 0. The van der Waals surface area contributed by atoms with Crippen LogP contribution in [-0.2, 0) is 17.1 Å². The molecule has 2 amide bonds. The van der Waals surface area contributed by atoms with Crippen LogP contribution in [0.15, 0.2) is 105 Å². The predicted molar refractivity (Wildman–Crippen MR) is 116 cm³/mol. The Bertz CT molecular complexity index is 1050. The maximum Gasteiger partial charge on any atom is 0.271 e. The van der Waals surface area contributed by atoms with Crippen molar-refractivity contribution < 1.29 is 35.5 Å². The average Bonchev–Trinajstić information content (AvgIpc) is 3.55. The third-order valence-corrected chi connectivity index (χ3v) is 3.69. The van der Waals surface area contributed by atoms with Crippen molar-refractivity contribution in [3.8, 4) is 0 Å². The van der Waals surface area contributed by atoms with Crippen LogP contribution in [0.4, 0.5) is 0 Å². The first-order valence-electron chi connectivity index (χ1n) is 9.26. The van der Waals surface area contributed by atoms with E-state index in [2.05, 4.69) is 31.0 Å². The Kier molecular flexibility index (Phi) is 10.5. The SMILES string of the molecule is O=C(N/N=C/c1ccco1)c1ccncc1.O=C(N/N=C/c1ccco1)c1ccncc1.[Cu]. The van der Waals surface area contributed by atoms with E-state index in [1.807, 2.05) is 0 Å². The number of rotatable bonds is 6. The maximum absolute atomic E-state index is 11.5. The van der Waals surface area contributed by atoms with E-state index in [9.17, 15) is 9.59 Å². The number of hydrogen-bond acceptors (Lipinski definition) is 8. The zero-order valence-corrected chi connectivity index (χ0v) is 17.9. The molecule has 0 aliphatic heterocycles. The number of amides is 2. The average molecular weight is 494 g/mol. The minimum Gasteiger partial charge on any atom is -0.463 e. The molecule has 0 atom stereocenters. The zero-order chi connectivity index (χ0) is 22.4. The first-order chi connectivity index (χ1) is 15.7. The fraction of sp³-hybridized carbons (Fsp3) is 0. The minimum atomic E-state index is -0.287. The molecule has 1 radical (unpaired) electrons. The summed E-state index contributed by atoms with van der Waals surface area (Å²) in [5.41, 5.74) is 5.77. The van der Waals surface area contributed by atoms with E-state index in [-0.39, 0.29) is 28.9 Å². The monoisotopic (exact) mass is 493 g/mol. The maximum atomic E-state index is 11.5. The van der Waals surface area contributed by atoms with Gasteiger partial charge in [0.2, 0.25) is 0 Å². The summed E-state index contributed by atoms with van der Waals surface area (Å²) >= 11 is 0. The molecule has 0 aromatic carbocycles. The van der Waals surface area contributed by atoms with Crippen molar-refractivity contribution in [2.45, 2.75) is 0 Å². The Labute approximate surface area is 199 Å². The Morgan fingerprint density at radius 3 is 1.42 bits per heavy atom. The largest absolute Gasteiger partial charge is 0.463 e. The van der Waals surface area contributed by atoms with Gasteiger partial charge in [0, 0.05) is 53.0 Å². The number of pyridine rings is 2. The molecule has 4 heterocycles. The van der Waals surface area contributed by atoms with Gasteiger partial charge < -0.3 is 8.83 Å². The smallest absolute Gasteiger partial charge is 0.271 e. The molecular weight excluding hydrogens is 476 g/mol. The summed E-state index contributed by atoms with van der Waals surface area (Å²) in [6, 6.07) is 13.4. The fourth-order valence-electron chi connectivity index (χ4n) is 2.17. The second kappa shape index (κ2) is 13.9. The van der Waals surface area contributed by atoms with Gasteiger partial charge in [-0.05, 0) is 48.5 Å². The van der Waals surface area contributed by atoms with Crippen molar-refractivity contribution in [2.24, 2.45) is 10.2 Å². The molecule has 10 nitrogen and oxygen atoms in total. The van der Waals surface area contributed by atoms with Crippen LogP contribution in [0.5, 0.6) is 0 Å². The molecule has 0 aliphatic carbocycles. The minimum absolute atomic E-state index is 0. The number of nitrogens with zero attached hydrogens (tertiary/aromatic N) is 4. The molecule has 2 N–H and O–H groups in total. The molecule has 11 heteroatoms. The van der Waals surface area contributed by atoms with Crippen molar-refractivity contribution in [1.82, 2.24) is 20.8 Å². The molecular formula is C22H18CuN6O4. The number of furan rings is 2. The molecule has 33 heavy (non-hydrogen) atoms. The zero-order valence-electron chi connectivity index (χ0n) is 17.0. The van der Waals surface area contributed by atoms with Crippen molar-refractivity contribution in [2.75, 3.05) is 0 Å². The first kappa shape index (κ1) is 24.9. The number of carbonyl (C=O) groups excluding carboxylic acids is 2. The van der Waals surface area contributed by atoms with Crippen LogP contribution in [-0.4, -0.2) is 34.2 Å². The van der Waals surface area contributed by atoms with Crippen LogP contribution < -0.4 is 10.9 Å². The summed E-state index contributed by atoms with van der Waals surface area (Å²) in [5, 5.41) is 7.50. The predicted octanol–water partition coefficient (Wildman–Crippen LogP) is 2.87. The van der Waals surface area contributed by atoms with Gasteiger partial charge in [-0.25, -0.2) is 10.9 Å². The molecule has 4 aromatic rings. The van der Waals surface area contributed by atoms with Gasteiger partial charge in [-0.15, -0.1) is 0 Å². The van der Waals surface area contributed by atoms with E-state index in [4.69, 9.17) is 8.83 Å². The molecule has 0 unspecified atom stereocenters. The Hall–Kier alpha value is -4.34. The summed E-state index contributed by atoms with van der Waals surface area (Å²) in [5.74, 6) is 0.584. The second-order valence-corrected chi connectivity index (χ2v) is 5.90. The third kappa shape index (κ3) is 8.74. The summed E-state index contributed by atoms with van der Waals surface area (Å²) in [6.45, 7) is 0. The summed E-state index contributed by atoms with van der Waals surface area (Å²) in [6.07, 6.45) is 12.1. The standard InChI is InChI=1S/2C11H9N3O2.Cu/c2*15-11(9-3-5-12-6-4-9)14-13-8-10-2-1-7-16-10;/h2*1-8H,(H,14,15);/b2*13-8+;. The van der Waals surface area contributed by atoms with E-state index in [1.165, 1.54) is 25.0 Å². The molecule has 0 saturated heterocycles. The number of hydrogen-bond donors (Lipinski definition) is 2. The van der Waals surface area contributed by atoms with E-state index in [0.29, 0.717) is 22.6 Å². The van der Waals surface area contributed by atoms with Crippen molar-refractivity contribution in [1.29, 1.82) is 0 Å². The van der Waals surface area contributed by atoms with Crippen LogP contribution in [0.3, 0.4) is 0 Å². The Morgan fingerprint density at radius 2 is 1.09 bits per heavy atom. The van der Waals surface area contributed by atoms with E-state index >= 15 is 0 Å². The van der Waals surface area contributed by atoms with Crippen LogP contribution in [0.25, 0.3) is 0 Å². The molecule has 4 aromatic heterocycles. The molecule has 0 aliphatic rings. The normalized spacial score (nSPS) is 10.2. The molecule has 171 valence electrons. The van der Waals surface area contributed by atoms with Gasteiger partial charge in [-0.3, -0.25) is 19.6 Å². The van der Waals surface area contributed by atoms with Gasteiger partial charge in [0.1, 0.15) is 11.5 Å². The van der Waals surface area contributed by atoms with Crippen molar-refractivity contribution in [3.05, 3.63) is 108 Å². The van der Waals surface area contributed by atoms with Gasteiger partial charge in [0.05, 0.1) is 25.0 Å². The van der Waals surface area contributed by atoms with E-state index < -0.39 is 0 Å². The van der Waals surface area contributed by atoms with Gasteiger partial charge in [0.15, 0.2) is 0 Å². The molecule has 4 rings (SSSR count). The second-order valence-electron chi connectivity index (χ2n) is 5.90. The van der Waals surface area contributed by atoms with Crippen molar-refractivity contribution >= 4 is 24.2 Å². The molecule has 0 saturated carbocycles. The number of hydrazone groups is 2. The third-order valence-electron chi connectivity index (χ3n) is 3.69. The van der Waals surface area contributed by atoms with Crippen LogP contribution in [0, 0.1) is 0 Å². The van der Waals surface area contributed by atoms with Gasteiger partial charge in [-0.1, -0.05) is 0 Å². The first-order valence-corrected chi connectivity index (χ1v) is 9.26. The number of aromatic nitrogens is 2. The summed E-state index contributed by atoms with van der Waals surface area (Å²) < 4.78 is 10.0. The van der Waals surface area contributed by atoms with E-state index in [0.717, 1.165) is 0 Å². The Balaban J connectivity index is 0.000000227. The molecule has 0 spiro atoms. The van der Waals surface area contributed by atoms with E-state index in [1.54, 1.807) is 73.3 Å². The topological polar surface area (TPSA) is 135 Å². The van der Waals surface area contributed by atoms with Crippen LogP contribution in [0.2, 0.25) is 0 Å². The van der Waals surface area contributed by atoms with Crippen LogP contribution in [0.1, 0.15) is 32.2 Å². The van der Waals surface area contributed by atoms with Crippen LogP contribution >= 0.6 is 0 Å². The van der Waals surface area contributed by atoms with Gasteiger partial charge in [0.25, 0.3) is 11.8 Å².